The van der Waals surface area contributed by atoms with E-state index in [2.05, 4.69) is 24.0 Å². The summed E-state index contributed by atoms with van der Waals surface area (Å²) in [7, 11) is 0. The van der Waals surface area contributed by atoms with Gasteiger partial charge in [0.05, 0.1) is 0 Å². The van der Waals surface area contributed by atoms with E-state index in [1.807, 2.05) is 29.2 Å². The largest absolute Gasteiger partial charge is 0.342 e. The number of carbonyl (C=O) groups is 1. The van der Waals surface area contributed by atoms with Gasteiger partial charge in [0.25, 0.3) is 0 Å². The Morgan fingerprint density at radius 1 is 1.35 bits per heavy atom. The van der Waals surface area contributed by atoms with Gasteiger partial charge >= 0.3 is 0 Å². The van der Waals surface area contributed by atoms with Crippen LogP contribution >= 0.6 is 11.6 Å². The summed E-state index contributed by atoms with van der Waals surface area (Å²) in [5.41, 5.74) is 0.827. The summed E-state index contributed by atoms with van der Waals surface area (Å²) >= 11 is 6.02. The van der Waals surface area contributed by atoms with Gasteiger partial charge in [-0.25, -0.2) is 0 Å². The normalized spacial score (nSPS) is 14.9. The van der Waals surface area contributed by atoms with Crippen LogP contribution in [0.15, 0.2) is 28.8 Å². The number of halogens is 1. The third-order valence-corrected chi connectivity index (χ3v) is 4.98. The fourth-order valence-electron chi connectivity index (χ4n) is 3.50. The van der Waals surface area contributed by atoms with Gasteiger partial charge in [-0.1, -0.05) is 55.6 Å². The summed E-state index contributed by atoms with van der Waals surface area (Å²) in [5.74, 6) is 1.99. The van der Waals surface area contributed by atoms with E-state index in [9.17, 15) is 4.79 Å². The minimum atomic E-state index is 0.193. The summed E-state index contributed by atoms with van der Waals surface area (Å²) in [4.78, 5) is 19.2. The summed E-state index contributed by atoms with van der Waals surface area (Å²) in [6.45, 7) is 5.66. The van der Waals surface area contributed by atoms with Crippen LogP contribution in [0, 0.1) is 11.8 Å². The molecule has 1 fully saturated rings. The summed E-state index contributed by atoms with van der Waals surface area (Å²) in [6, 6.07) is 7.38. The van der Waals surface area contributed by atoms with E-state index >= 15 is 0 Å². The van der Waals surface area contributed by atoms with Gasteiger partial charge in [-0.2, -0.15) is 4.98 Å². The van der Waals surface area contributed by atoms with Crippen LogP contribution in [0.5, 0.6) is 0 Å². The Bertz CT molecular complexity index is 738. The van der Waals surface area contributed by atoms with Crippen molar-refractivity contribution >= 4 is 17.5 Å². The molecule has 0 atom stereocenters. The number of aromatic nitrogens is 2. The van der Waals surface area contributed by atoms with Crippen molar-refractivity contribution in [2.75, 3.05) is 13.1 Å². The molecule has 1 aliphatic rings. The molecule has 0 radical (unpaired) electrons. The molecular formula is C20H26ClN3O2. The second kappa shape index (κ2) is 8.67. The molecule has 0 saturated heterocycles. The number of amides is 1. The molecule has 3 rings (SSSR count). The molecule has 1 saturated carbocycles. The van der Waals surface area contributed by atoms with Gasteiger partial charge in [-0.05, 0) is 30.9 Å². The standard InChI is InChI=1S/C20H26ClN3O2/c1-14(2)13-24(20(25)15-6-3-4-7-15)11-10-18-22-19(23-26-18)16-8-5-9-17(21)12-16/h5,8-9,12,14-15H,3-4,6-7,10-11,13H2,1-2H3. The molecule has 1 aromatic heterocycles. The molecule has 1 heterocycles. The smallest absolute Gasteiger partial charge is 0.228 e. The fourth-order valence-corrected chi connectivity index (χ4v) is 3.69. The van der Waals surface area contributed by atoms with Crippen molar-refractivity contribution in [1.82, 2.24) is 15.0 Å². The second-order valence-corrected chi connectivity index (χ2v) is 7.87. The van der Waals surface area contributed by atoms with Gasteiger partial charge < -0.3 is 9.42 Å². The molecule has 2 aromatic rings. The average Bonchev–Trinajstić information content (AvgIpc) is 3.29. The summed E-state index contributed by atoms with van der Waals surface area (Å²) in [6.07, 6.45) is 4.94. The first-order valence-corrected chi connectivity index (χ1v) is 9.78. The predicted molar refractivity (Wildman–Crippen MR) is 102 cm³/mol. The van der Waals surface area contributed by atoms with Crippen molar-refractivity contribution < 1.29 is 9.32 Å². The first-order valence-electron chi connectivity index (χ1n) is 9.40. The highest BCUT2D eigenvalue weighted by Crippen LogP contribution is 2.27. The molecule has 1 aliphatic carbocycles. The van der Waals surface area contributed by atoms with Crippen molar-refractivity contribution in [3.05, 3.63) is 35.2 Å². The molecule has 5 nitrogen and oxygen atoms in total. The van der Waals surface area contributed by atoms with E-state index in [-0.39, 0.29) is 11.8 Å². The molecular weight excluding hydrogens is 350 g/mol. The topological polar surface area (TPSA) is 59.2 Å². The Labute approximate surface area is 159 Å². The maximum Gasteiger partial charge on any atom is 0.228 e. The van der Waals surface area contributed by atoms with Gasteiger partial charge in [-0.15, -0.1) is 0 Å². The first-order chi connectivity index (χ1) is 12.5. The highest BCUT2D eigenvalue weighted by Gasteiger charge is 2.27. The highest BCUT2D eigenvalue weighted by molar-refractivity contribution is 6.30. The molecule has 0 spiro atoms. The lowest BCUT2D eigenvalue weighted by molar-refractivity contribution is -0.135. The van der Waals surface area contributed by atoms with Gasteiger partial charge in [-0.3, -0.25) is 4.79 Å². The quantitative estimate of drug-likeness (QED) is 0.709. The predicted octanol–water partition coefficient (Wildman–Crippen LogP) is 4.61. The van der Waals surface area contributed by atoms with Crippen molar-refractivity contribution in [3.63, 3.8) is 0 Å². The minimum Gasteiger partial charge on any atom is -0.342 e. The molecule has 0 N–H and O–H groups in total. The van der Waals surface area contributed by atoms with E-state index in [0.29, 0.717) is 35.6 Å². The fraction of sp³-hybridized carbons (Fsp3) is 0.550. The molecule has 0 bridgehead atoms. The van der Waals surface area contributed by atoms with Crippen LogP contribution in [0.1, 0.15) is 45.4 Å². The Hall–Kier alpha value is -1.88. The number of hydrogen-bond acceptors (Lipinski definition) is 4. The third-order valence-electron chi connectivity index (χ3n) is 4.75. The van der Waals surface area contributed by atoms with Crippen LogP contribution in [0.3, 0.4) is 0 Å². The zero-order valence-corrected chi connectivity index (χ0v) is 16.2. The molecule has 6 heteroatoms. The Balaban J connectivity index is 1.64. The van der Waals surface area contributed by atoms with E-state index in [4.69, 9.17) is 16.1 Å². The molecule has 0 unspecified atom stereocenters. The van der Waals surface area contributed by atoms with E-state index in [1.54, 1.807) is 0 Å². The van der Waals surface area contributed by atoms with Gasteiger partial charge in [0.1, 0.15) is 0 Å². The van der Waals surface area contributed by atoms with Crippen LogP contribution in [0.25, 0.3) is 11.4 Å². The van der Waals surface area contributed by atoms with Crippen LogP contribution in [0.4, 0.5) is 0 Å². The van der Waals surface area contributed by atoms with Crippen molar-refractivity contribution in [2.45, 2.75) is 46.0 Å². The Kier molecular flexibility index (Phi) is 6.30. The second-order valence-electron chi connectivity index (χ2n) is 7.43. The third kappa shape index (κ3) is 4.85. The number of hydrogen-bond donors (Lipinski definition) is 0. The van der Waals surface area contributed by atoms with Crippen LogP contribution in [0.2, 0.25) is 5.02 Å². The number of rotatable bonds is 7. The van der Waals surface area contributed by atoms with Gasteiger partial charge in [0.2, 0.25) is 17.6 Å². The van der Waals surface area contributed by atoms with Crippen LogP contribution in [-0.2, 0) is 11.2 Å². The average molecular weight is 376 g/mol. The summed E-state index contributed by atoms with van der Waals surface area (Å²) < 4.78 is 5.38. The monoisotopic (exact) mass is 375 g/mol. The van der Waals surface area contributed by atoms with Crippen molar-refractivity contribution in [1.29, 1.82) is 0 Å². The first kappa shape index (κ1) is 18.9. The van der Waals surface area contributed by atoms with Crippen LogP contribution < -0.4 is 0 Å². The lowest BCUT2D eigenvalue weighted by Crippen LogP contribution is -2.39. The summed E-state index contributed by atoms with van der Waals surface area (Å²) in [5, 5.41) is 4.68. The highest BCUT2D eigenvalue weighted by atomic mass is 35.5. The lowest BCUT2D eigenvalue weighted by Gasteiger charge is -2.26. The van der Waals surface area contributed by atoms with Crippen LogP contribution in [-0.4, -0.2) is 34.0 Å². The SMILES string of the molecule is CC(C)CN(CCc1nc(-c2cccc(Cl)c2)no1)C(=O)C1CCCC1. The Morgan fingerprint density at radius 3 is 2.81 bits per heavy atom. The van der Waals surface area contributed by atoms with E-state index in [1.165, 1.54) is 12.8 Å². The zero-order valence-electron chi connectivity index (χ0n) is 15.4. The molecule has 26 heavy (non-hydrogen) atoms. The van der Waals surface area contributed by atoms with E-state index in [0.717, 1.165) is 24.9 Å². The number of nitrogens with zero attached hydrogens (tertiary/aromatic N) is 3. The van der Waals surface area contributed by atoms with Gasteiger partial charge in [0.15, 0.2) is 0 Å². The van der Waals surface area contributed by atoms with Crippen molar-refractivity contribution in [3.8, 4) is 11.4 Å². The van der Waals surface area contributed by atoms with Gasteiger partial charge in [0, 0.05) is 36.0 Å². The molecule has 1 aromatic carbocycles. The lowest BCUT2D eigenvalue weighted by atomic mass is 10.1. The molecule has 0 aliphatic heterocycles. The maximum atomic E-state index is 12.8. The minimum absolute atomic E-state index is 0.193. The van der Waals surface area contributed by atoms with E-state index < -0.39 is 0 Å². The Morgan fingerprint density at radius 2 is 2.12 bits per heavy atom. The van der Waals surface area contributed by atoms with Crippen molar-refractivity contribution in [2.24, 2.45) is 11.8 Å². The number of benzene rings is 1. The zero-order chi connectivity index (χ0) is 18.5. The number of carbonyl (C=O) groups excluding carboxylic acids is 1. The molecule has 1 amide bonds. The maximum absolute atomic E-state index is 12.8. The molecule has 140 valence electrons.